The maximum absolute atomic E-state index is 12.5. The predicted molar refractivity (Wildman–Crippen MR) is 92.7 cm³/mol. The summed E-state index contributed by atoms with van der Waals surface area (Å²) in [4.78, 5) is 36.4. The second-order valence-electron chi connectivity index (χ2n) is 5.16. The lowest BCUT2D eigenvalue weighted by Gasteiger charge is -2.11. The number of methoxy groups -OCH3 is 2. The third kappa shape index (κ3) is 2.97. The molecule has 0 unspecified atom stereocenters. The average Bonchev–Trinajstić information content (AvgIpc) is 2.64. The first-order valence-electron chi connectivity index (χ1n) is 7.32. The number of carbonyl (C=O) groups is 1. The molecule has 2 aromatic carbocycles. The van der Waals surface area contributed by atoms with Gasteiger partial charge in [-0.15, -0.1) is 0 Å². The lowest BCUT2D eigenvalue weighted by Crippen LogP contribution is -2.21. The molecule has 8 nitrogen and oxygen atoms in total. The molecule has 3 aromatic rings. The van der Waals surface area contributed by atoms with Gasteiger partial charge < -0.3 is 14.8 Å². The zero-order valence-electron chi connectivity index (χ0n) is 13.5. The minimum absolute atomic E-state index is 0.111. The molecule has 0 bridgehead atoms. The number of fused-ring (bicyclic) bond motifs is 1. The van der Waals surface area contributed by atoms with Crippen LogP contribution in [0.3, 0.4) is 0 Å². The van der Waals surface area contributed by atoms with Crippen LogP contribution in [0.2, 0.25) is 0 Å². The van der Waals surface area contributed by atoms with Crippen LogP contribution in [0.1, 0.15) is 10.4 Å². The fraction of sp³-hybridized carbons (Fsp3) is 0.118. The van der Waals surface area contributed by atoms with Gasteiger partial charge in [0.1, 0.15) is 0 Å². The summed E-state index contributed by atoms with van der Waals surface area (Å²) in [6.07, 6.45) is 0. The highest BCUT2D eigenvalue weighted by atomic mass is 16.5. The molecule has 0 aliphatic carbocycles. The van der Waals surface area contributed by atoms with Gasteiger partial charge in [0.05, 0.1) is 30.7 Å². The number of anilines is 1. The summed E-state index contributed by atoms with van der Waals surface area (Å²) in [6, 6.07) is 9.34. The molecule has 0 radical (unpaired) electrons. The fourth-order valence-electron chi connectivity index (χ4n) is 2.51. The van der Waals surface area contributed by atoms with Crippen LogP contribution in [0.25, 0.3) is 10.8 Å². The summed E-state index contributed by atoms with van der Waals surface area (Å²) in [6.45, 7) is 0. The lowest BCUT2D eigenvalue weighted by molar-refractivity contribution is 0.102. The first-order chi connectivity index (χ1) is 12.0. The van der Waals surface area contributed by atoms with Crippen LogP contribution >= 0.6 is 0 Å². The van der Waals surface area contributed by atoms with E-state index in [0.29, 0.717) is 17.1 Å². The van der Waals surface area contributed by atoms with E-state index in [1.54, 1.807) is 24.3 Å². The average molecular weight is 341 g/mol. The van der Waals surface area contributed by atoms with Crippen LogP contribution in [0.4, 0.5) is 5.69 Å². The highest BCUT2D eigenvalue weighted by Crippen LogP contribution is 2.28. The number of carbonyl (C=O) groups excluding carboxylic acids is 1. The minimum atomic E-state index is -0.502. The molecule has 0 spiro atoms. The van der Waals surface area contributed by atoms with Crippen LogP contribution in [-0.4, -0.2) is 30.3 Å². The molecule has 1 aromatic heterocycles. The Kier molecular flexibility index (Phi) is 4.25. The van der Waals surface area contributed by atoms with Crippen molar-refractivity contribution in [1.29, 1.82) is 0 Å². The van der Waals surface area contributed by atoms with E-state index in [9.17, 15) is 14.4 Å². The van der Waals surface area contributed by atoms with E-state index in [1.165, 1.54) is 26.4 Å². The molecular weight excluding hydrogens is 326 g/mol. The molecule has 25 heavy (non-hydrogen) atoms. The molecule has 0 saturated carbocycles. The van der Waals surface area contributed by atoms with E-state index in [2.05, 4.69) is 15.5 Å². The summed E-state index contributed by atoms with van der Waals surface area (Å²) < 4.78 is 10.3. The highest BCUT2D eigenvalue weighted by molar-refractivity contribution is 6.09. The monoisotopic (exact) mass is 341 g/mol. The van der Waals surface area contributed by atoms with Crippen molar-refractivity contribution >= 4 is 22.4 Å². The van der Waals surface area contributed by atoms with E-state index in [1.807, 2.05) is 0 Å². The Bertz CT molecular complexity index is 1070. The highest BCUT2D eigenvalue weighted by Gasteiger charge is 2.14. The number of H-pyrrole nitrogens is 2. The number of aromatic amines is 2. The Hall–Kier alpha value is -3.55. The Morgan fingerprint density at radius 2 is 1.68 bits per heavy atom. The molecule has 3 rings (SSSR count). The van der Waals surface area contributed by atoms with Gasteiger partial charge in [0.2, 0.25) is 0 Å². The van der Waals surface area contributed by atoms with Gasteiger partial charge in [0, 0.05) is 5.56 Å². The molecule has 0 aliphatic heterocycles. The lowest BCUT2D eigenvalue weighted by atomic mass is 10.1. The van der Waals surface area contributed by atoms with Gasteiger partial charge >= 0.3 is 0 Å². The molecule has 0 fully saturated rings. The van der Waals surface area contributed by atoms with Gasteiger partial charge in [0.25, 0.3) is 17.0 Å². The molecule has 1 amide bonds. The number of nitrogens with one attached hydrogen (secondary N) is 3. The van der Waals surface area contributed by atoms with Crippen molar-refractivity contribution in [3.8, 4) is 11.5 Å². The van der Waals surface area contributed by atoms with E-state index < -0.39 is 17.0 Å². The summed E-state index contributed by atoms with van der Waals surface area (Å²) in [7, 11) is 2.97. The van der Waals surface area contributed by atoms with Crippen molar-refractivity contribution in [1.82, 2.24) is 10.2 Å². The zero-order valence-corrected chi connectivity index (χ0v) is 13.5. The Morgan fingerprint density at radius 3 is 2.40 bits per heavy atom. The van der Waals surface area contributed by atoms with Gasteiger partial charge in [-0.25, -0.2) is 0 Å². The third-order valence-corrected chi connectivity index (χ3v) is 3.72. The Labute approximate surface area is 141 Å². The Morgan fingerprint density at radius 1 is 0.960 bits per heavy atom. The van der Waals surface area contributed by atoms with E-state index >= 15 is 0 Å². The topological polar surface area (TPSA) is 113 Å². The van der Waals surface area contributed by atoms with Crippen molar-refractivity contribution in [3.63, 3.8) is 0 Å². The molecule has 0 atom stereocenters. The van der Waals surface area contributed by atoms with Crippen LogP contribution in [0.5, 0.6) is 11.5 Å². The summed E-state index contributed by atoms with van der Waals surface area (Å²) >= 11 is 0. The van der Waals surface area contributed by atoms with Crippen LogP contribution in [-0.2, 0) is 0 Å². The number of benzene rings is 2. The van der Waals surface area contributed by atoms with Gasteiger partial charge in [-0.05, 0) is 30.3 Å². The van der Waals surface area contributed by atoms with Gasteiger partial charge in [0.15, 0.2) is 11.5 Å². The standard InChI is InChI=1S/C17H15N3O5/c1-24-12-7-6-9(8-13(12)25-2)15(21)18-11-5-3-4-10-14(11)17(23)20-19-16(10)22/h3-8H,1-2H3,(H,18,21)(H,19,22)(H,20,23). The summed E-state index contributed by atoms with van der Waals surface area (Å²) in [5, 5.41) is 7.44. The first-order valence-corrected chi connectivity index (χ1v) is 7.32. The molecular formula is C17H15N3O5. The van der Waals surface area contributed by atoms with Gasteiger partial charge in [-0.3, -0.25) is 24.6 Å². The first kappa shape index (κ1) is 16.3. The summed E-state index contributed by atoms with van der Waals surface area (Å²) in [5.41, 5.74) is -0.393. The van der Waals surface area contributed by atoms with Crippen LogP contribution < -0.4 is 25.9 Å². The van der Waals surface area contributed by atoms with Crippen molar-refractivity contribution in [2.75, 3.05) is 19.5 Å². The largest absolute Gasteiger partial charge is 0.493 e. The van der Waals surface area contributed by atoms with Crippen molar-refractivity contribution in [3.05, 3.63) is 62.7 Å². The summed E-state index contributed by atoms with van der Waals surface area (Å²) in [5.74, 6) is 0.447. The molecule has 1 heterocycles. The second-order valence-corrected chi connectivity index (χ2v) is 5.16. The molecule has 0 saturated heterocycles. The third-order valence-electron chi connectivity index (χ3n) is 3.72. The van der Waals surface area contributed by atoms with E-state index in [4.69, 9.17) is 9.47 Å². The van der Waals surface area contributed by atoms with Crippen LogP contribution in [0, 0.1) is 0 Å². The van der Waals surface area contributed by atoms with E-state index in [-0.39, 0.29) is 16.5 Å². The number of rotatable bonds is 4. The van der Waals surface area contributed by atoms with Crippen molar-refractivity contribution in [2.24, 2.45) is 0 Å². The number of hydrogen-bond acceptors (Lipinski definition) is 5. The number of ether oxygens (including phenoxy) is 2. The second kappa shape index (κ2) is 6.52. The minimum Gasteiger partial charge on any atom is -0.493 e. The quantitative estimate of drug-likeness (QED) is 0.665. The van der Waals surface area contributed by atoms with E-state index in [0.717, 1.165) is 0 Å². The molecule has 0 aliphatic rings. The van der Waals surface area contributed by atoms with Crippen LogP contribution in [0.15, 0.2) is 46.0 Å². The normalized spacial score (nSPS) is 10.5. The molecule has 3 N–H and O–H groups in total. The SMILES string of the molecule is COc1ccc(C(=O)Nc2cccc3c(=O)[nH][nH]c(=O)c23)cc1OC. The number of aromatic nitrogens is 2. The Balaban J connectivity index is 2.02. The van der Waals surface area contributed by atoms with Crippen molar-refractivity contribution in [2.45, 2.75) is 0 Å². The predicted octanol–water partition coefficient (Wildman–Crippen LogP) is 1.49. The maximum atomic E-state index is 12.5. The van der Waals surface area contributed by atoms with Gasteiger partial charge in [-0.1, -0.05) is 6.07 Å². The maximum Gasteiger partial charge on any atom is 0.272 e. The molecule has 128 valence electrons. The van der Waals surface area contributed by atoms with Crippen molar-refractivity contribution < 1.29 is 14.3 Å². The number of hydrogen-bond donors (Lipinski definition) is 3. The number of amides is 1. The van der Waals surface area contributed by atoms with Gasteiger partial charge in [-0.2, -0.15) is 0 Å². The molecule has 8 heteroatoms. The fourth-order valence-corrected chi connectivity index (χ4v) is 2.51. The zero-order chi connectivity index (χ0) is 18.0. The smallest absolute Gasteiger partial charge is 0.272 e.